The molecule has 6 nitrogen and oxygen atoms in total. The second-order valence-corrected chi connectivity index (χ2v) is 7.44. The predicted octanol–water partition coefficient (Wildman–Crippen LogP) is 3.09. The molecule has 0 fully saturated rings. The van der Waals surface area contributed by atoms with E-state index in [2.05, 4.69) is 35.7 Å². The highest BCUT2D eigenvalue weighted by Gasteiger charge is 2.22. The summed E-state index contributed by atoms with van der Waals surface area (Å²) in [5.41, 5.74) is 2.45. The molecule has 0 radical (unpaired) electrons. The van der Waals surface area contributed by atoms with Crippen LogP contribution in [0, 0.1) is 6.92 Å². The number of rotatable bonds is 5. The minimum absolute atomic E-state index is 0.00942. The van der Waals surface area contributed by atoms with Gasteiger partial charge in [0.05, 0.1) is 18.2 Å². The van der Waals surface area contributed by atoms with E-state index in [9.17, 15) is 9.59 Å². The van der Waals surface area contributed by atoms with Crippen molar-refractivity contribution in [3.05, 3.63) is 46.0 Å². The van der Waals surface area contributed by atoms with Crippen molar-refractivity contribution in [3.63, 3.8) is 0 Å². The maximum absolute atomic E-state index is 12.3. The standard InChI is InChI=1S/C17H21N3O3S/c1-10-15(24-20-19-10)16(23)18-13(9-14(21)22)11-5-7-12(8-6-11)17(2,3)4/h5-8,13H,9H2,1-4H3,(H,18,23)(H,21,22). The number of aryl methyl sites for hydroxylation is 1. The number of nitrogens with zero attached hydrogens (tertiary/aromatic N) is 2. The van der Waals surface area contributed by atoms with Gasteiger partial charge in [0.25, 0.3) is 5.91 Å². The molecule has 2 aromatic rings. The summed E-state index contributed by atoms with van der Waals surface area (Å²) >= 11 is 0.999. The van der Waals surface area contributed by atoms with Crippen molar-refractivity contribution in [1.82, 2.24) is 14.9 Å². The number of amides is 1. The van der Waals surface area contributed by atoms with Crippen molar-refractivity contribution in [2.45, 2.75) is 45.6 Å². The zero-order valence-electron chi connectivity index (χ0n) is 14.2. The molecular formula is C17H21N3O3S. The van der Waals surface area contributed by atoms with Crippen molar-refractivity contribution in [2.75, 3.05) is 0 Å². The van der Waals surface area contributed by atoms with Gasteiger partial charge in [-0.05, 0) is 35.0 Å². The minimum atomic E-state index is -0.973. The molecule has 2 N–H and O–H groups in total. The Morgan fingerprint density at radius 2 is 1.88 bits per heavy atom. The first kappa shape index (κ1) is 18.1. The molecule has 1 heterocycles. The van der Waals surface area contributed by atoms with Gasteiger partial charge in [0, 0.05) is 0 Å². The van der Waals surface area contributed by atoms with Gasteiger partial charge >= 0.3 is 5.97 Å². The fourth-order valence-electron chi connectivity index (χ4n) is 2.31. The highest BCUT2D eigenvalue weighted by molar-refractivity contribution is 7.08. The highest BCUT2D eigenvalue weighted by atomic mass is 32.1. The third kappa shape index (κ3) is 4.38. The van der Waals surface area contributed by atoms with Crippen molar-refractivity contribution in [3.8, 4) is 0 Å². The van der Waals surface area contributed by atoms with Gasteiger partial charge in [-0.25, -0.2) is 0 Å². The average molecular weight is 347 g/mol. The van der Waals surface area contributed by atoms with E-state index in [4.69, 9.17) is 5.11 Å². The van der Waals surface area contributed by atoms with E-state index in [1.165, 1.54) is 0 Å². The first-order valence-corrected chi connectivity index (χ1v) is 8.38. The summed E-state index contributed by atoms with van der Waals surface area (Å²) in [6.07, 6.45) is -0.189. The van der Waals surface area contributed by atoms with Gasteiger partial charge in [-0.2, -0.15) is 0 Å². The molecule has 2 rings (SSSR count). The molecule has 0 aliphatic carbocycles. The molecule has 24 heavy (non-hydrogen) atoms. The van der Waals surface area contributed by atoms with Gasteiger partial charge < -0.3 is 10.4 Å². The summed E-state index contributed by atoms with van der Waals surface area (Å²) in [7, 11) is 0. The van der Waals surface area contributed by atoms with Crippen LogP contribution in [0.5, 0.6) is 0 Å². The largest absolute Gasteiger partial charge is 0.481 e. The monoisotopic (exact) mass is 347 g/mol. The van der Waals surface area contributed by atoms with E-state index in [0.717, 1.165) is 22.7 Å². The van der Waals surface area contributed by atoms with Gasteiger partial charge in [-0.3, -0.25) is 9.59 Å². The number of benzene rings is 1. The Morgan fingerprint density at radius 1 is 1.25 bits per heavy atom. The Morgan fingerprint density at radius 3 is 2.33 bits per heavy atom. The lowest BCUT2D eigenvalue weighted by molar-refractivity contribution is -0.137. The Hall–Kier alpha value is -2.28. The Kier molecular flexibility index (Phi) is 5.33. The quantitative estimate of drug-likeness (QED) is 0.867. The molecule has 1 aromatic heterocycles. The third-order valence-corrected chi connectivity index (χ3v) is 4.55. The number of aromatic nitrogens is 2. The molecule has 0 aliphatic heterocycles. The van der Waals surface area contributed by atoms with E-state index in [1.54, 1.807) is 6.92 Å². The summed E-state index contributed by atoms with van der Waals surface area (Å²) in [4.78, 5) is 23.9. The summed E-state index contributed by atoms with van der Waals surface area (Å²) in [5, 5.41) is 15.7. The number of aliphatic carboxylic acids is 1. The SMILES string of the molecule is Cc1nnsc1C(=O)NC(CC(=O)O)c1ccc(C(C)(C)C)cc1. The number of nitrogens with one attached hydrogen (secondary N) is 1. The molecule has 128 valence electrons. The average Bonchev–Trinajstić information content (AvgIpc) is 2.91. The fourth-order valence-corrected chi connectivity index (χ4v) is 2.87. The Labute approximate surface area is 145 Å². The summed E-state index contributed by atoms with van der Waals surface area (Å²) in [5.74, 6) is -1.33. The van der Waals surface area contributed by atoms with E-state index in [1.807, 2.05) is 24.3 Å². The van der Waals surface area contributed by atoms with Gasteiger partial charge in [-0.15, -0.1) is 5.10 Å². The second-order valence-electron chi connectivity index (χ2n) is 6.68. The summed E-state index contributed by atoms with van der Waals surface area (Å²) in [6, 6.07) is 7.06. The van der Waals surface area contributed by atoms with E-state index in [-0.39, 0.29) is 17.7 Å². The van der Waals surface area contributed by atoms with Gasteiger partial charge in [0.1, 0.15) is 4.88 Å². The van der Waals surface area contributed by atoms with Crippen molar-refractivity contribution in [2.24, 2.45) is 0 Å². The third-order valence-electron chi connectivity index (χ3n) is 3.72. The number of hydrogen-bond donors (Lipinski definition) is 2. The van der Waals surface area contributed by atoms with Crippen LogP contribution in [0.2, 0.25) is 0 Å². The molecule has 0 saturated heterocycles. The maximum atomic E-state index is 12.3. The van der Waals surface area contributed by atoms with Crippen molar-refractivity contribution < 1.29 is 14.7 Å². The normalized spacial score (nSPS) is 12.7. The fraction of sp³-hybridized carbons (Fsp3) is 0.412. The van der Waals surface area contributed by atoms with Crippen LogP contribution in [0.1, 0.15) is 59.7 Å². The second kappa shape index (κ2) is 7.09. The van der Waals surface area contributed by atoms with Crippen LogP contribution in [0.15, 0.2) is 24.3 Å². The molecule has 1 amide bonds. The zero-order chi connectivity index (χ0) is 17.9. The summed E-state index contributed by atoms with van der Waals surface area (Å²) in [6.45, 7) is 8.02. The lowest BCUT2D eigenvalue weighted by Crippen LogP contribution is -2.30. The van der Waals surface area contributed by atoms with Gasteiger partial charge in [0.15, 0.2) is 0 Å². The molecule has 1 aromatic carbocycles. The molecule has 0 saturated carbocycles. The van der Waals surface area contributed by atoms with Crippen LogP contribution < -0.4 is 5.32 Å². The lowest BCUT2D eigenvalue weighted by Gasteiger charge is -2.21. The predicted molar refractivity (Wildman–Crippen MR) is 92.2 cm³/mol. The maximum Gasteiger partial charge on any atom is 0.305 e. The van der Waals surface area contributed by atoms with Gasteiger partial charge in [-0.1, -0.05) is 49.5 Å². The van der Waals surface area contributed by atoms with Crippen LogP contribution in [0.25, 0.3) is 0 Å². The number of carboxylic acid groups (broad SMARTS) is 1. The lowest BCUT2D eigenvalue weighted by atomic mass is 9.86. The van der Waals surface area contributed by atoms with Crippen molar-refractivity contribution >= 4 is 23.4 Å². The minimum Gasteiger partial charge on any atom is -0.481 e. The topological polar surface area (TPSA) is 92.2 Å². The first-order valence-electron chi connectivity index (χ1n) is 7.60. The number of hydrogen-bond acceptors (Lipinski definition) is 5. The van der Waals surface area contributed by atoms with Crippen molar-refractivity contribution in [1.29, 1.82) is 0 Å². The van der Waals surface area contributed by atoms with Crippen LogP contribution in [-0.2, 0) is 10.2 Å². The molecule has 0 aliphatic rings. The Balaban J connectivity index is 2.23. The molecule has 0 bridgehead atoms. The molecule has 1 atom stereocenters. The Bertz CT molecular complexity index is 732. The van der Waals surface area contributed by atoms with Crippen LogP contribution >= 0.6 is 11.5 Å². The number of carbonyl (C=O) groups is 2. The first-order chi connectivity index (χ1) is 11.2. The van der Waals surface area contributed by atoms with Crippen LogP contribution in [0.4, 0.5) is 0 Å². The van der Waals surface area contributed by atoms with Crippen LogP contribution in [-0.4, -0.2) is 26.6 Å². The molecule has 7 heteroatoms. The smallest absolute Gasteiger partial charge is 0.305 e. The van der Waals surface area contributed by atoms with E-state index in [0.29, 0.717) is 10.6 Å². The number of carbonyl (C=O) groups excluding carboxylic acids is 1. The molecular weight excluding hydrogens is 326 g/mol. The van der Waals surface area contributed by atoms with E-state index < -0.39 is 12.0 Å². The van der Waals surface area contributed by atoms with E-state index >= 15 is 0 Å². The van der Waals surface area contributed by atoms with Gasteiger partial charge in [0.2, 0.25) is 0 Å². The molecule has 0 spiro atoms. The highest BCUT2D eigenvalue weighted by Crippen LogP contribution is 2.25. The van der Waals surface area contributed by atoms with Crippen LogP contribution in [0.3, 0.4) is 0 Å². The molecule has 1 unspecified atom stereocenters. The number of carboxylic acids is 1. The zero-order valence-corrected chi connectivity index (χ0v) is 15.0. The summed E-state index contributed by atoms with van der Waals surface area (Å²) < 4.78 is 3.74.